The van der Waals surface area contributed by atoms with Gasteiger partial charge in [-0.15, -0.1) is 0 Å². The largest absolute Gasteiger partial charge is 0.505 e. The fourth-order valence-electron chi connectivity index (χ4n) is 1.63. The van der Waals surface area contributed by atoms with Crippen LogP contribution in [0, 0.1) is 0 Å². The Morgan fingerprint density at radius 3 is 2.90 bits per heavy atom. The fourth-order valence-corrected chi connectivity index (χ4v) is 1.63. The van der Waals surface area contributed by atoms with Crippen LogP contribution in [0.1, 0.15) is 6.23 Å². The van der Waals surface area contributed by atoms with Crippen LogP contribution < -0.4 is 11.0 Å². The fraction of sp³-hybridized carbons (Fsp3) is 0.400. The molecular formula is C10H11N3O8. The van der Waals surface area contributed by atoms with Crippen molar-refractivity contribution in [1.29, 1.82) is 0 Å². The summed E-state index contributed by atoms with van der Waals surface area (Å²) in [7, 11) is 0. The van der Waals surface area contributed by atoms with Crippen LogP contribution in [-0.4, -0.2) is 51.5 Å². The molecule has 1 aliphatic rings. The number of hydrogen-bond acceptors (Lipinski definition) is 7. The number of amides is 1. The second-order valence-corrected chi connectivity index (χ2v) is 3.86. The molecule has 21 heavy (non-hydrogen) atoms. The number of anilines is 1. The first kappa shape index (κ1) is 14.7. The maximum Gasteiger partial charge on any atom is 0.505 e. The molecule has 1 aromatic heterocycles. The van der Waals surface area contributed by atoms with Crippen LogP contribution in [0.4, 0.5) is 15.4 Å². The molecular weight excluding hydrogens is 290 g/mol. The SMILES string of the molecule is O=C(O)Nc1ccn([C@@H]2CO[C@H](COC(=O)O)O2)c(=O)n1. The minimum Gasteiger partial charge on any atom is -0.465 e. The van der Waals surface area contributed by atoms with E-state index in [2.05, 4.69) is 9.72 Å². The molecule has 1 fully saturated rings. The molecule has 0 spiro atoms. The third-order valence-electron chi connectivity index (χ3n) is 2.45. The van der Waals surface area contributed by atoms with Gasteiger partial charge in [-0.25, -0.2) is 14.4 Å². The molecule has 2 heterocycles. The smallest absolute Gasteiger partial charge is 0.465 e. The average Bonchev–Trinajstić information content (AvgIpc) is 2.84. The number of ether oxygens (including phenoxy) is 3. The molecule has 1 saturated heterocycles. The molecule has 0 aromatic carbocycles. The van der Waals surface area contributed by atoms with Crippen LogP contribution in [-0.2, 0) is 14.2 Å². The Bertz CT molecular complexity index is 600. The van der Waals surface area contributed by atoms with Crippen molar-refractivity contribution in [2.45, 2.75) is 12.5 Å². The summed E-state index contributed by atoms with van der Waals surface area (Å²) < 4.78 is 15.8. The Kier molecular flexibility index (Phi) is 4.35. The average molecular weight is 301 g/mol. The molecule has 0 saturated carbocycles. The number of carboxylic acid groups (broad SMARTS) is 2. The highest BCUT2D eigenvalue weighted by molar-refractivity contribution is 5.81. The van der Waals surface area contributed by atoms with Crippen molar-refractivity contribution >= 4 is 18.1 Å². The van der Waals surface area contributed by atoms with Crippen molar-refractivity contribution in [3.63, 3.8) is 0 Å². The van der Waals surface area contributed by atoms with E-state index in [-0.39, 0.29) is 19.0 Å². The van der Waals surface area contributed by atoms with Gasteiger partial charge in [0.05, 0.1) is 6.61 Å². The maximum atomic E-state index is 11.7. The normalized spacial score (nSPS) is 21.0. The minimum absolute atomic E-state index is 0.000931. The number of nitrogens with one attached hydrogen (secondary N) is 1. The van der Waals surface area contributed by atoms with Gasteiger partial charge in [0, 0.05) is 6.20 Å². The predicted molar refractivity (Wildman–Crippen MR) is 64.0 cm³/mol. The molecule has 0 aliphatic carbocycles. The summed E-state index contributed by atoms with van der Waals surface area (Å²) in [5, 5.41) is 18.8. The molecule has 0 radical (unpaired) electrons. The molecule has 1 aromatic rings. The van der Waals surface area contributed by atoms with Gasteiger partial charge in [0.25, 0.3) is 0 Å². The van der Waals surface area contributed by atoms with Gasteiger partial charge in [-0.1, -0.05) is 0 Å². The summed E-state index contributed by atoms with van der Waals surface area (Å²) in [6.07, 6.45) is -3.24. The number of aromatic nitrogens is 2. The summed E-state index contributed by atoms with van der Waals surface area (Å²) in [5.74, 6) is -0.117. The lowest BCUT2D eigenvalue weighted by Crippen LogP contribution is -2.29. The molecule has 3 N–H and O–H groups in total. The highest BCUT2D eigenvalue weighted by Crippen LogP contribution is 2.19. The van der Waals surface area contributed by atoms with Gasteiger partial charge < -0.3 is 24.4 Å². The standard InChI is InChI=1S/C10H11N3O8/c14-8-11-5(12-9(15)16)1-2-13(8)6-3-19-7(21-6)4-20-10(17)18/h1-2,6-7H,3-4H2,(H,15,16)(H,17,18)(H,11,12,14)/t6-,7-/m0/s1. The van der Waals surface area contributed by atoms with E-state index in [0.29, 0.717) is 0 Å². The van der Waals surface area contributed by atoms with Gasteiger partial charge in [0.2, 0.25) is 0 Å². The quantitative estimate of drug-likeness (QED) is 0.647. The lowest BCUT2D eigenvalue weighted by atomic mass is 10.5. The summed E-state index contributed by atoms with van der Waals surface area (Å²) in [6, 6.07) is 1.28. The Balaban J connectivity index is 2.01. The van der Waals surface area contributed by atoms with E-state index in [0.717, 1.165) is 4.57 Å². The molecule has 2 rings (SSSR count). The van der Waals surface area contributed by atoms with E-state index in [1.54, 1.807) is 0 Å². The van der Waals surface area contributed by atoms with Crippen LogP contribution in [0.2, 0.25) is 0 Å². The summed E-state index contributed by atoms with van der Waals surface area (Å²) >= 11 is 0. The number of hydrogen-bond donors (Lipinski definition) is 3. The molecule has 1 aliphatic heterocycles. The van der Waals surface area contributed by atoms with Gasteiger partial charge >= 0.3 is 17.9 Å². The maximum absolute atomic E-state index is 11.7. The molecule has 11 heteroatoms. The molecule has 0 unspecified atom stereocenters. The van der Waals surface area contributed by atoms with Crippen LogP contribution in [0.3, 0.4) is 0 Å². The van der Waals surface area contributed by atoms with Gasteiger partial charge in [-0.3, -0.25) is 9.88 Å². The van der Waals surface area contributed by atoms with Crippen LogP contribution in [0.5, 0.6) is 0 Å². The molecule has 1 amide bonds. The number of carbonyl (C=O) groups is 2. The topological polar surface area (TPSA) is 149 Å². The van der Waals surface area contributed by atoms with Crippen molar-refractivity contribution in [2.75, 3.05) is 18.5 Å². The van der Waals surface area contributed by atoms with Gasteiger partial charge in [0.15, 0.2) is 12.5 Å². The van der Waals surface area contributed by atoms with Gasteiger partial charge in [0.1, 0.15) is 12.4 Å². The molecule has 2 atom stereocenters. The summed E-state index contributed by atoms with van der Waals surface area (Å²) in [6.45, 7) is -0.326. The van der Waals surface area contributed by atoms with Crippen molar-refractivity contribution in [3.05, 3.63) is 22.7 Å². The lowest BCUT2D eigenvalue weighted by molar-refractivity contribution is -0.105. The van der Waals surface area contributed by atoms with Gasteiger partial charge in [-0.2, -0.15) is 4.98 Å². The Hall–Kier alpha value is -2.66. The second-order valence-electron chi connectivity index (χ2n) is 3.86. The first-order valence-corrected chi connectivity index (χ1v) is 5.67. The zero-order valence-corrected chi connectivity index (χ0v) is 10.5. The van der Waals surface area contributed by atoms with Crippen molar-refractivity contribution in [3.8, 4) is 0 Å². The highest BCUT2D eigenvalue weighted by atomic mass is 16.8. The van der Waals surface area contributed by atoms with Crippen molar-refractivity contribution in [1.82, 2.24) is 9.55 Å². The Morgan fingerprint density at radius 1 is 1.52 bits per heavy atom. The van der Waals surface area contributed by atoms with Gasteiger partial charge in [-0.05, 0) is 6.07 Å². The lowest BCUT2D eigenvalue weighted by Gasteiger charge is -2.13. The highest BCUT2D eigenvalue weighted by Gasteiger charge is 2.29. The monoisotopic (exact) mass is 301 g/mol. The van der Waals surface area contributed by atoms with E-state index in [1.807, 2.05) is 5.32 Å². The van der Waals surface area contributed by atoms with Crippen LogP contribution in [0.15, 0.2) is 17.1 Å². The number of rotatable bonds is 4. The Labute approximate surface area is 116 Å². The number of nitrogens with zero attached hydrogens (tertiary/aromatic N) is 2. The predicted octanol–water partition coefficient (Wildman–Crippen LogP) is -0.101. The minimum atomic E-state index is -1.46. The summed E-state index contributed by atoms with van der Waals surface area (Å²) in [4.78, 5) is 35.9. The van der Waals surface area contributed by atoms with E-state index in [4.69, 9.17) is 19.7 Å². The van der Waals surface area contributed by atoms with E-state index >= 15 is 0 Å². The van der Waals surface area contributed by atoms with Crippen LogP contribution >= 0.6 is 0 Å². The zero-order valence-electron chi connectivity index (χ0n) is 10.5. The second kappa shape index (κ2) is 6.19. The van der Waals surface area contributed by atoms with Crippen molar-refractivity contribution < 1.29 is 34.0 Å². The first-order valence-electron chi connectivity index (χ1n) is 5.67. The summed E-state index contributed by atoms with van der Waals surface area (Å²) in [5.41, 5.74) is -0.741. The van der Waals surface area contributed by atoms with E-state index < -0.39 is 30.5 Å². The zero-order chi connectivity index (χ0) is 15.4. The van der Waals surface area contributed by atoms with E-state index in [9.17, 15) is 14.4 Å². The first-order chi connectivity index (χ1) is 9.95. The van der Waals surface area contributed by atoms with Crippen molar-refractivity contribution in [2.24, 2.45) is 0 Å². The van der Waals surface area contributed by atoms with E-state index in [1.165, 1.54) is 12.3 Å². The molecule has 114 valence electrons. The molecule has 0 bridgehead atoms. The third-order valence-corrected chi connectivity index (χ3v) is 2.45. The third kappa shape index (κ3) is 3.90. The Morgan fingerprint density at radius 2 is 2.29 bits per heavy atom. The molecule has 11 nitrogen and oxygen atoms in total. The van der Waals surface area contributed by atoms with Crippen LogP contribution in [0.25, 0.3) is 0 Å².